The number of carbonyl (C=O) groups is 1. The van der Waals surface area contributed by atoms with Crippen LogP contribution in [-0.4, -0.2) is 20.7 Å². The van der Waals surface area contributed by atoms with E-state index in [0.29, 0.717) is 22.8 Å². The van der Waals surface area contributed by atoms with Gasteiger partial charge in [-0.05, 0) is 36.3 Å². The first kappa shape index (κ1) is 14.7. The fourth-order valence-electron chi connectivity index (χ4n) is 2.85. The molecule has 1 saturated carbocycles. The third kappa shape index (κ3) is 3.08. The molecule has 1 fully saturated rings. The van der Waals surface area contributed by atoms with Crippen molar-refractivity contribution in [3.05, 3.63) is 58.6 Å². The van der Waals surface area contributed by atoms with Gasteiger partial charge in [0.2, 0.25) is 5.91 Å². The van der Waals surface area contributed by atoms with Crippen LogP contribution in [-0.2, 0) is 17.8 Å². The number of H-pyrrole nitrogens is 1. The highest BCUT2D eigenvalue weighted by atomic mass is 16.1. The Balaban J connectivity index is 1.50. The molecule has 1 aliphatic carbocycles. The Hall–Kier alpha value is -2.89. The topological polar surface area (TPSA) is 79.8 Å². The molecule has 3 aromatic rings. The van der Waals surface area contributed by atoms with Gasteiger partial charge in [-0.1, -0.05) is 18.2 Å². The van der Waals surface area contributed by atoms with Gasteiger partial charge in [0, 0.05) is 23.7 Å². The third-order valence-corrected chi connectivity index (χ3v) is 4.27. The summed E-state index contributed by atoms with van der Waals surface area (Å²) >= 11 is 0. The van der Waals surface area contributed by atoms with Crippen LogP contribution in [0.4, 0.5) is 5.82 Å². The standard InChI is InChI=1S/C18H18N4O2/c23-17(21-16-7-8-19-22(16)11-12-5-6-12)10-14-9-13-3-1-2-4-15(13)18(24)20-14/h1-4,7-9,12H,5-6,10-11H2,(H,20,24)(H,21,23). The molecule has 0 radical (unpaired) electrons. The number of benzene rings is 1. The monoisotopic (exact) mass is 322 g/mol. The van der Waals surface area contributed by atoms with Crippen molar-refractivity contribution < 1.29 is 4.79 Å². The Morgan fingerprint density at radius 1 is 1.29 bits per heavy atom. The van der Waals surface area contributed by atoms with Gasteiger partial charge in [0.25, 0.3) is 5.56 Å². The Bertz CT molecular complexity index is 953. The number of pyridine rings is 1. The van der Waals surface area contributed by atoms with Crippen molar-refractivity contribution in [2.24, 2.45) is 5.92 Å². The lowest BCUT2D eigenvalue weighted by molar-refractivity contribution is -0.115. The van der Waals surface area contributed by atoms with Gasteiger partial charge in [0.15, 0.2) is 0 Å². The van der Waals surface area contributed by atoms with E-state index in [0.717, 1.165) is 11.9 Å². The summed E-state index contributed by atoms with van der Waals surface area (Å²) in [5.74, 6) is 1.21. The minimum atomic E-state index is -0.172. The quantitative estimate of drug-likeness (QED) is 0.756. The minimum absolute atomic E-state index is 0.120. The van der Waals surface area contributed by atoms with E-state index >= 15 is 0 Å². The van der Waals surface area contributed by atoms with Crippen molar-refractivity contribution in [2.45, 2.75) is 25.8 Å². The van der Waals surface area contributed by atoms with E-state index in [1.807, 2.05) is 28.9 Å². The zero-order valence-corrected chi connectivity index (χ0v) is 13.2. The van der Waals surface area contributed by atoms with Gasteiger partial charge in [0.05, 0.1) is 12.6 Å². The second kappa shape index (κ2) is 5.96. The number of aromatic nitrogens is 3. The summed E-state index contributed by atoms with van der Waals surface area (Å²) < 4.78 is 1.83. The van der Waals surface area contributed by atoms with E-state index in [-0.39, 0.29) is 17.9 Å². The molecule has 6 nitrogen and oxygen atoms in total. The molecule has 2 aromatic heterocycles. The van der Waals surface area contributed by atoms with Crippen molar-refractivity contribution >= 4 is 22.5 Å². The fraction of sp³-hybridized carbons (Fsp3) is 0.278. The van der Waals surface area contributed by atoms with Crippen molar-refractivity contribution in [3.63, 3.8) is 0 Å². The number of anilines is 1. The number of rotatable bonds is 5. The summed E-state index contributed by atoms with van der Waals surface area (Å²) in [6, 6.07) is 11.0. The number of nitrogens with one attached hydrogen (secondary N) is 2. The molecule has 24 heavy (non-hydrogen) atoms. The molecule has 0 aliphatic heterocycles. The SMILES string of the molecule is O=C(Cc1cc2ccccc2c(=O)[nH]1)Nc1ccnn1CC1CC1. The lowest BCUT2D eigenvalue weighted by Gasteiger charge is -2.09. The second-order valence-corrected chi connectivity index (χ2v) is 6.28. The first-order valence-corrected chi connectivity index (χ1v) is 8.11. The first-order chi connectivity index (χ1) is 11.7. The molecule has 4 rings (SSSR count). The largest absolute Gasteiger partial charge is 0.325 e. The highest BCUT2D eigenvalue weighted by Crippen LogP contribution is 2.31. The highest BCUT2D eigenvalue weighted by molar-refractivity contribution is 5.92. The predicted molar refractivity (Wildman–Crippen MR) is 91.9 cm³/mol. The number of nitrogens with zero attached hydrogens (tertiary/aromatic N) is 2. The van der Waals surface area contributed by atoms with Gasteiger partial charge in [-0.2, -0.15) is 5.10 Å². The Morgan fingerprint density at radius 2 is 2.12 bits per heavy atom. The van der Waals surface area contributed by atoms with Crippen LogP contribution in [0, 0.1) is 5.92 Å². The van der Waals surface area contributed by atoms with Crippen LogP contribution in [0.1, 0.15) is 18.5 Å². The van der Waals surface area contributed by atoms with E-state index in [9.17, 15) is 9.59 Å². The molecule has 1 aromatic carbocycles. The predicted octanol–water partition coefficient (Wildman–Crippen LogP) is 2.32. The molecular weight excluding hydrogens is 304 g/mol. The van der Waals surface area contributed by atoms with Gasteiger partial charge in [-0.3, -0.25) is 9.59 Å². The molecule has 2 heterocycles. The van der Waals surface area contributed by atoms with Crippen LogP contribution < -0.4 is 10.9 Å². The summed E-state index contributed by atoms with van der Waals surface area (Å²) in [5.41, 5.74) is 0.430. The van der Waals surface area contributed by atoms with Crippen LogP contribution >= 0.6 is 0 Å². The van der Waals surface area contributed by atoms with Crippen LogP contribution in [0.25, 0.3) is 10.8 Å². The number of hydrogen-bond acceptors (Lipinski definition) is 3. The summed E-state index contributed by atoms with van der Waals surface area (Å²) in [5, 5.41) is 8.60. The average Bonchev–Trinajstić information content (AvgIpc) is 3.27. The normalized spacial score (nSPS) is 14.0. The van der Waals surface area contributed by atoms with Crippen LogP contribution in [0.2, 0.25) is 0 Å². The smallest absolute Gasteiger partial charge is 0.256 e. The van der Waals surface area contributed by atoms with Crippen molar-refractivity contribution in [2.75, 3.05) is 5.32 Å². The maximum atomic E-state index is 12.3. The zero-order chi connectivity index (χ0) is 16.5. The Kier molecular flexibility index (Phi) is 3.65. The molecule has 122 valence electrons. The lowest BCUT2D eigenvalue weighted by Crippen LogP contribution is -2.20. The van der Waals surface area contributed by atoms with Gasteiger partial charge in [-0.15, -0.1) is 0 Å². The maximum Gasteiger partial charge on any atom is 0.256 e. The molecule has 0 unspecified atom stereocenters. The number of carbonyl (C=O) groups excluding carboxylic acids is 1. The molecule has 0 atom stereocenters. The van der Waals surface area contributed by atoms with Gasteiger partial charge in [0.1, 0.15) is 5.82 Å². The summed E-state index contributed by atoms with van der Waals surface area (Å²) in [6.07, 6.45) is 4.27. The van der Waals surface area contributed by atoms with Crippen molar-refractivity contribution in [1.29, 1.82) is 0 Å². The zero-order valence-electron chi connectivity index (χ0n) is 13.2. The van der Waals surface area contributed by atoms with Gasteiger partial charge >= 0.3 is 0 Å². The molecular formula is C18H18N4O2. The van der Waals surface area contributed by atoms with E-state index in [1.165, 1.54) is 12.8 Å². The van der Waals surface area contributed by atoms with Crippen LogP contribution in [0.15, 0.2) is 47.4 Å². The molecule has 0 bridgehead atoms. The molecule has 6 heteroatoms. The highest BCUT2D eigenvalue weighted by Gasteiger charge is 2.23. The number of fused-ring (bicyclic) bond motifs is 1. The minimum Gasteiger partial charge on any atom is -0.325 e. The summed E-state index contributed by atoms with van der Waals surface area (Å²) in [7, 11) is 0. The second-order valence-electron chi connectivity index (χ2n) is 6.28. The number of amides is 1. The fourth-order valence-corrected chi connectivity index (χ4v) is 2.85. The number of hydrogen-bond donors (Lipinski definition) is 2. The third-order valence-electron chi connectivity index (χ3n) is 4.27. The van der Waals surface area contributed by atoms with Crippen molar-refractivity contribution in [1.82, 2.24) is 14.8 Å². The van der Waals surface area contributed by atoms with Crippen LogP contribution in [0.5, 0.6) is 0 Å². The average molecular weight is 322 g/mol. The van der Waals surface area contributed by atoms with Crippen molar-refractivity contribution in [3.8, 4) is 0 Å². The lowest BCUT2D eigenvalue weighted by atomic mass is 10.1. The van der Waals surface area contributed by atoms with E-state index in [1.54, 1.807) is 18.3 Å². The van der Waals surface area contributed by atoms with Gasteiger partial charge < -0.3 is 10.3 Å². The molecule has 2 N–H and O–H groups in total. The summed E-state index contributed by atoms with van der Waals surface area (Å²) in [6.45, 7) is 0.843. The first-order valence-electron chi connectivity index (χ1n) is 8.11. The molecule has 1 aliphatic rings. The summed E-state index contributed by atoms with van der Waals surface area (Å²) in [4.78, 5) is 27.2. The van der Waals surface area contributed by atoms with Crippen LogP contribution in [0.3, 0.4) is 0 Å². The molecule has 0 saturated heterocycles. The maximum absolute atomic E-state index is 12.3. The Labute approximate surface area is 138 Å². The van der Waals surface area contributed by atoms with E-state index in [2.05, 4.69) is 15.4 Å². The van der Waals surface area contributed by atoms with E-state index < -0.39 is 0 Å². The number of aromatic amines is 1. The Morgan fingerprint density at radius 3 is 2.96 bits per heavy atom. The molecule has 1 amide bonds. The van der Waals surface area contributed by atoms with Gasteiger partial charge in [-0.25, -0.2) is 4.68 Å². The van der Waals surface area contributed by atoms with E-state index in [4.69, 9.17) is 0 Å². The molecule has 0 spiro atoms.